The number of ether oxygens (including phenoxy) is 1. The Kier molecular flexibility index (Phi) is 7.95. The maximum absolute atomic E-state index is 13.5. The fourth-order valence-electron chi connectivity index (χ4n) is 3.72. The molecule has 2 aromatic heterocycles. The number of nitrogens with one attached hydrogen (secondary N) is 1. The van der Waals surface area contributed by atoms with Crippen molar-refractivity contribution in [3.05, 3.63) is 60.1 Å². The molecule has 9 nitrogen and oxygen atoms in total. The molecule has 0 atom stereocenters. The van der Waals surface area contributed by atoms with Crippen molar-refractivity contribution in [2.45, 2.75) is 25.9 Å². The normalized spacial score (nSPS) is 13.9. The van der Waals surface area contributed by atoms with Crippen molar-refractivity contribution < 1.29 is 31.9 Å². The van der Waals surface area contributed by atoms with Gasteiger partial charge in [0.25, 0.3) is 5.91 Å². The third-order valence-corrected chi connectivity index (χ3v) is 5.71. The molecule has 0 spiro atoms. The number of benzene rings is 1. The highest BCUT2D eigenvalue weighted by Crippen LogP contribution is 2.35. The topological polar surface area (TPSA) is 101 Å². The Labute approximate surface area is 211 Å². The minimum atomic E-state index is -4.90. The van der Waals surface area contributed by atoms with Crippen LogP contribution in [0.3, 0.4) is 0 Å². The highest BCUT2D eigenvalue weighted by molar-refractivity contribution is 6.04. The van der Waals surface area contributed by atoms with E-state index in [2.05, 4.69) is 15.3 Å². The van der Waals surface area contributed by atoms with Crippen molar-refractivity contribution in [1.82, 2.24) is 14.9 Å². The average molecular weight is 518 g/mol. The second-order valence-corrected chi connectivity index (χ2v) is 8.36. The summed E-state index contributed by atoms with van der Waals surface area (Å²) >= 11 is 0. The number of unbranched alkanes of at least 4 members (excludes halogenated alkanes) is 1. The first-order valence-electron chi connectivity index (χ1n) is 11.8. The van der Waals surface area contributed by atoms with Crippen LogP contribution in [0.25, 0.3) is 11.5 Å². The predicted octanol–water partition coefficient (Wildman–Crippen LogP) is 5.07. The van der Waals surface area contributed by atoms with Gasteiger partial charge in [0.05, 0.1) is 18.5 Å². The van der Waals surface area contributed by atoms with Gasteiger partial charge >= 0.3 is 12.3 Å². The van der Waals surface area contributed by atoms with Gasteiger partial charge in [-0.2, -0.15) is 13.2 Å². The number of carbonyl (C=O) groups is 2. The summed E-state index contributed by atoms with van der Waals surface area (Å²) in [7, 11) is 0. The SMILES string of the molecule is CCCCOC(=O)N1CCN(c2ccc(NC(=O)c3nc(-c4ccccc4)oc3C(F)(F)F)cn2)CC1. The number of rotatable bonds is 7. The lowest BCUT2D eigenvalue weighted by atomic mass is 10.2. The number of halogens is 3. The highest BCUT2D eigenvalue weighted by Gasteiger charge is 2.42. The predicted molar refractivity (Wildman–Crippen MR) is 129 cm³/mol. The Hall–Kier alpha value is -4.09. The number of aromatic nitrogens is 2. The zero-order valence-electron chi connectivity index (χ0n) is 20.1. The Balaban J connectivity index is 1.39. The van der Waals surface area contributed by atoms with Gasteiger partial charge < -0.3 is 24.3 Å². The minimum absolute atomic E-state index is 0.198. The van der Waals surface area contributed by atoms with Gasteiger partial charge in [0.2, 0.25) is 11.7 Å². The third-order valence-electron chi connectivity index (χ3n) is 5.71. The number of pyridine rings is 1. The van der Waals surface area contributed by atoms with E-state index in [9.17, 15) is 22.8 Å². The summed E-state index contributed by atoms with van der Waals surface area (Å²) in [6, 6.07) is 11.2. The summed E-state index contributed by atoms with van der Waals surface area (Å²) in [6.45, 7) is 4.45. The molecule has 12 heteroatoms. The second kappa shape index (κ2) is 11.3. The van der Waals surface area contributed by atoms with Gasteiger partial charge in [-0.1, -0.05) is 31.5 Å². The molecule has 1 N–H and O–H groups in total. The van der Waals surface area contributed by atoms with E-state index >= 15 is 0 Å². The molecule has 0 saturated carbocycles. The van der Waals surface area contributed by atoms with E-state index in [4.69, 9.17) is 9.15 Å². The average Bonchev–Trinajstić information content (AvgIpc) is 3.37. The summed E-state index contributed by atoms with van der Waals surface area (Å²) in [5.74, 6) is -2.23. The van der Waals surface area contributed by atoms with Crippen molar-refractivity contribution in [2.75, 3.05) is 43.0 Å². The van der Waals surface area contributed by atoms with Gasteiger partial charge in [0, 0.05) is 31.7 Å². The van der Waals surface area contributed by atoms with Crippen LogP contribution in [-0.2, 0) is 10.9 Å². The standard InChI is InChI=1S/C25H26F3N5O4/c1-2-3-15-36-24(35)33-13-11-32(12-14-33)19-10-9-18(16-29-19)30-22(34)20-21(25(26,27)28)37-23(31-20)17-7-5-4-6-8-17/h4-10,16H,2-3,11-15H2,1H3,(H,30,34). The monoisotopic (exact) mass is 517 g/mol. The van der Waals surface area contributed by atoms with E-state index in [0.717, 1.165) is 12.8 Å². The molecule has 0 radical (unpaired) electrons. The molecule has 196 valence electrons. The number of carbonyl (C=O) groups excluding carboxylic acids is 2. The van der Waals surface area contributed by atoms with Gasteiger partial charge in [-0.25, -0.2) is 14.8 Å². The van der Waals surface area contributed by atoms with E-state index in [0.29, 0.717) is 44.2 Å². The van der Waals surface area contributed by atoms with E-state index in [1.807, 2.05) is 11.8 Å². The van der Waals surface area contributed by atoms with Gasteiger partial charge in [0.15, 0.2) is 5.69 Å². The molecule has 1 aromatic carbocycles. The van der Waals surface area contributed by atoms with E-state index < -0.39 is 23.5 Å². The smallest absolute Gasteiger partial charge is 0.449 e. The van der Waals surface area contributed by atoms with Crippen LogP contribution >= 0.6 is 0 Å². The van der Waals surface area contributed by atoms with Crippen molar-refractivity contribution in [3.63, 3.8) is 0 Å². The number of oxazole rings is 1. The van der Waals surface area contributed by atoms with Crippen molar-refractivity contribution in [3.8, 4) is 11.5 Å². The van der Waals surface area contributed by atoms with Crippen molar-refractivity contribution >= 4 is 23.5 Å². The summed E-state index contributed by atoms with van der Waals surface area (Å²) in [5.41, 5.74) is -0.353. The lowest BCUT2D eigenvalue weighted by molar-refractivity contribution is -0.153. The summed E-state index contributed by atoms with van der Waals surface area (Å²) in [4.78, 5) is 36.5. The number of hydrogen-bond acceptors (Lipinski definition) is 7. The minimum Gasteiger partial charge on any atom is -0.449 e. The number of piperazine rings is 1. The number of anilines is 2. The molecule has 3 heterocycles. The van der Waals surface area contributed by atoms with Crippen LogP contribution in [0.1, 0.15) is 36.0 Å². The molecule has 2 amide bonds. The molecule has 1 saturated heterocycles. The van der Waals surface area contributed by atoms with Crippen LogP contribution in [0, 0.1) is 0 Å². The lowest BCUT2D eigenvalue weighted by Crippen LogP contribution is -2.49. The molecule has 3 aromatic rings. The van der Waals surface area contributed by atoms with Crippen LogP contribution in [0.4, 0.5) is 29.5 Å². The maximum atomic E-state index is 13.5. The molecule has 0 unspecified atom stereocenters. The van der Waals surface area contributed by atoms with Crippen LogP contribution in [0.5, 0.6) is 0 Å². The quantitative estimate of drug-likeness (QED) is 0.437. The van der Waals surface area contributed by atoms with Gasteiger partial charge in [-0.15, -0.1) is 0 Å². The number of hydrogen-bond donors (Lipinski definition) is 1. The molecule has 37 heavy (non-hydrogen) atoms. The lowest BCUT2D eigenvalue weighted by Gasteiger charge is -2.34. The first-order chi connectivity index (χ1) is 17.8. The van der Waals surface area contributed by atoms with Crippen LogP contribution in [0.15, 0.2) is 53.1 Å². The van der Waals surface area contributed by atoms with E-state index in [1.165, 1.54) is 24.4 Å². The zero-order valence-corrected chi connectivity index (χ0v) is 20.1. The zero-order chi connectivity index (χ0) is 26.4. The molecule has 1 aliphatic heterocycles. The Bertz CT molecular complexity index is 1210. The molecular formula is C25H26F3N5O4. The third kappa shape index (κ3) is 6.38. The fraction of sp³-hybridized carbons (Fsp3) is 0.360. The van der Waals surface area contributed by atoms with Crippen LogP contribution < -0.4 is 10.2 Å². The van der Waals surface area contributed by atoms with Gasteiger partial charge in [0.1, 0.15) is 5.82 Å². The first-order valence-corrected chi connectivity index (χ1v) is 11.8. The Morgan fingerprint density at radius 3 is 2.43 bits per heavy atom. The molecule has 4 rings (SSSR count). The molecule has 0 bridgehead atoms. The fourth-order valence-corrected chi connectivity index (χ4v) is 3.72. The first kappa shape index (κ1) is 26.0. The maximum Gasteiger partial charge on any atom is 0.452 e. The molecule has 1 aliphatic rings. The van der Waals surface area contributed by atoms with Gasteiger partial charge in [-0.05, 0) is 30.7 Å². The molecular weight excluding hydrogens is 491 g/mol. The second-order valence-electron chi connectivity index (χ2n) is 8.36. The summed E-state index contributed by atoms with van der Waals surface area (Å²) in [5, 5.41) is 2.40. The molecule has 0 aliphatic carbocycles. The summed E-state index contributed by atoms with van der Waals surface area (Å²) in [6.07, 6.45) is -2.12. The number of nitrogens with zero attached hydrogens (tertiary/aromatic N) is 4. The number of amides is 2. The van der Waals surface area contributed by atoms with Crippen LogP contribution in [0.2, 0.25) is 0 Å². The Morgan fingerprint density at radius 2 is 1.81 bits per heavy atom. The van der Waals surface area contributed by atoms with E-state index in [1.54, 1.807) is 29.2 Å². The van der Waals surface area contributed by atoms with Crippen molar-refractivity contribution in [2.24, 2.45) is 0 Å². The van der Waals surface area contributed by atoms with E-state index in [-0.39, 0.29) is 17.7 Å². The number of alkyl halides is 3. The summed E-state index contributed by atoms with van der Waals surface area (Å²) < 4.78 is 50.7. The Morgan fingerprint density at radius 1 is 1.08 bits per heavy atom. The molecule has 1 fully saturated rings. The van der Waals surface area contributed by atoms with Crippen molar-refractivity contribution in [1.29, 1.82) is 0 Å². The highest BCUT2D eigenvalue weighted by atomic mass is 19.4. The van der Waals surface area contributed by atoms with Gasteiger partial charge in [-0.3, -0.25) is 4.79 Å². The largest absolute Gasteiger partial charge is 0.452 e. The van der Waals surface area contributed by atoms with Crippen LogP contribution in [-0.4, -0.2) is 59.7 Å².